The number of nitrogens with zero attached hydrogens (tertiary/aromatic N) is 3. The summed E-state index contributed by atoms with van der Waals surface area (Å²) >= 11 is 0. The zero-order valence-corrected chi connectivity index (χ0v) is 15.4. The van der Waals surface area contributed by atoms with E-state index < -0.39 is 21.7 Å². The molecule has 0 spiro atoms. The molecule has 0 amide bonds. The first-order chi connectivity index (χ1) is 12.9. The normalized spacial score (nSPS) is 14.8. The fourth-order valence-electron chi connectivity index (χ4n) is 3.09. The largest absolute Gasteiger partial charge is 0.337 e. The van der Waals surface area contributed by atoms with Gasteiger partial charge in [-0.05, 0) is 38.0 Å². The number of benzene rings is 1. The number of nitrogens with one attached hydrogen (secondary N) is 1. The van der Waals surface area contributed by atoms with Crippen LogP contribution in [0.2, 0.25) is 0 Å². The molecule has 1 aliphatic rings. The van der Waals surface area contributed by atoms with E-state index in [0.29, 0.717) is 16.6 Å². The summed E-state index contributed by atoms with van der Waals surface area (Å²) in [5.74, 6) is -1.78. The fourth-order valence-corrected chi connectivity index (χ4v) is 3.67. The minimum atomic E-state index is -3.34. The summed E-state index contributed by atoms with van der Waals surface area (Å²) in [6.45, 7) is 1.58. The second-order valence-electron chi connectivity index (χ2n) is 6.62. The Hall–Kier alpha value is -2.39. The van der Waals surface area contributed by atoms with Crippen LogP contribution in [0.15, 0.2) is 30.5 Å². The zero-order valence-electron chi connectivity index (χ0n) is 14.6. The molecule has 1 aliphatic carbocycles. The van der Waals surface area contributed by atoms with E-state index >= 15 is 0 Å². The zero-order chi connectivity index (χ0) is 19.2. The van der Waals surface area contributed by atoms with Crippen molar-refractivity contribution < 1.29 is 17.2 Å². The van der Waals surface area contributed by atoms with Gasteiger partial charge >= 0.3 is 0 Å². The molecule has 6 nitrogen and oxygen atoms in total. The molecule has 1 aromatic carbocycles. The number of hydrogen-bond donors (Lipinski definition) is 1. The van der Waals surface area contributed by atoms with Gasteiger partial charge in [0.1, 0.15) is 0 Å². The van der Waals surface area contributed by atoms with Crippen LogP contribution >= 0.6 is 0 Å². The van der Waals surface area contributed by atoms with Crippen LogP contribution in [-0.4, -0.2) is 28.9 Å². The van der Waals surface area contributed by atoms with Crippen LogP contribution < -0.4 is 4.72 Å². The van der Waals surface area contributed by atoms with Crippen LogP contribution in [0.1, 0.15) is 31.5 Å². The van der Waals surface area contributed by atoms with Crippen molar-refractivity contribution >= 4 is 20.9 Å². The van der Waals surface area contributed by atoms with E-state index in [1.54, 1.807) is 25.3 Å². The molecule has 0 radical (unpaired) electrons. The van der Waals surface area contributed by atoms with E-state index in [1.165, 1.54) is 12.1 Å². The number of hydrogen-bond acceptors (Lipinski definition) is 4. The van der Waals surface area contributed by atoms with Gasteiger partial charge in [-0.15, -0.1) is 0 Å². The third-order valence-electron chi connectivity index (χ3n) is 4.65. The summed E-state index contributed by atoms with van der Waals surface area (Å²) in [4.78, 5) is 0. The molecule has 2 heterocycles. The van der Waals surface area contributed by atoms with E-state index in [1.807, 2.05) is 4.57 Å². The average molecular weight is 392 g/mol. The highest BCUT2D eigenvalue weighted by atomic mass is 32.2. The highest BCUT2D eigenvalue weighted by Gasteiger charge is 2.28. The molecule has 142 valence electrons. The molecule has 4 rings (SSSR count). The van der Waals surface area contributed by atoms with Crippen molar-refractivity contribution in [2.24, 2.45) is 0 Å². The standard InChI is InChI=1S/C18H18F2N4O2S/c1-2-27(25,26)22-10-13-5-12(9-21-23-13)17-7-11-6-15(19)16(20)8-18(11)24(17)14-3-4-14/h5-9,14,22H,2-4,10H2,1H3. The van der Waals surface area contributed by atoms with Crippen LogP contribution in [0.25, 0.3) is 22.2 Å². The lowest BCUT2D eigenvalue weighted by Crippen LogP contribution is -2.25. The van der Waals surface area contributed by atoms with Crippen molar-refractivity contribution in [3.63, 3.8) is 0 Å². The van der Waals surface area contributed by atoms with Crippen molar-refractivity contribution in [1.29, 1.82) is 0 Å². The van der Waals surface area contributed by atoms with Gasteiger partial charge in [-0.1, -0.05) is 0 Å². The molecule has 27 heavy (non-hydrogen) atoms. The molecule has 3 aromatic rings. The number of sulfonamides is 1. The first-order valence-electron chi connectivity index (χ1n) is 8.67. The third-order valence-corrected chi connectivity index (χ3v) is 5.99. The summed E-state index contributed by atoms with van der Waals surface area (Å²) in [6, 6.07) is 6.19. The maximum absolute atomic E-state index is 13.8. The Morgan fingerprint density at radius 1 is 1.19 bits per heavy atom. The van der Waals surface area contributed by atoms with Gasteiger partial charge in [0.15, 0.2) is 11.6 Å². The minimum absolute atomic E-state index is 0.0207. The van der Waals surface area contributed by atoms with Crippen molar-refractivity contribution in [3.8, 4) is 11.3 Å². The van der Waals surface area contributed by atoms with Gasteiger partial charge in [-0.3, -0.25) is 0 Å². The monoisotopic (exact) mass is 392 g/mol. The number of halogens is 2. The molecule has 0 unspecified atom stereocenters. The Kier molecular flexibility index (Phi) is 4.43. The fraction of sp³-hybridized carbons (Fsp3) is 0.333. The highest BCUT2D eigenvalue weighted by molar-refractivity contribution is 7.89. The van der Waals surface area contributed by atoms with Crippen LogP contribution in [0.5, 0.6) is 0 Å². The van der Waals surface area contributed by atoms with Gasteiger partial charge in [0.2, 0.25) is 10.0 Å². The smallest absolute Gasteiger partial charge is 0.211 e. The highest BCUT2D eigenvalue weighted by Crippen LogP contribution is 2.42. The maximum atomic E-state index is 13.8. The van der Waals surface area contributed by atoms with E-state index in [0.717, 1.165) is 24.1 Å². The second kappa shape index (κ2) is 6.65. The molecular formula is C18H18F2N4O2S. The van der Waals surface area contributed by atoms with E-state index in [2.05, 4.69) is 14.9 Å². The van der Waals surface area contributed by atoms with Crippen molar-refractivity contribution in [1.82, 2.24) is 19.5 Å². The number of rotatable bonds is 6. The van der Waals surface area contributed by atoms with Crippen molar-refractivity contribution in [3.05, 3.63) is 47.8 Å². The van der Waals surface area contributed by atoms with Gasteiger partial charge in [0.25, 0.3) is 0 Å². The molecule has 1 N–H and O–H groups in total. The molecule has 0 atom stereocenters. The van der Waals surface area contributed by atoms with Gasteiger partial charge in [0.05, 0.1) is 35.4 Å². The summed E-state index contributed by atoms with van der Waals surface area (Å²) in [6.07, 6.45) is 3.51. The Morgan fingerprint density at radius 2 is 1.93 bits per heavy atom. The first-order valence-corrected chi connectivity index (χ1v) is 10.3. The maximum Gasteiger partial charge on any atom is 0.211 e. The lowest BCUT2D eigenvalue weighted by atomic mass is 10.2. The van der Waals surface area contributed by atoms with Crippen molar-refractivity contribution in [2.75, 3.05) is 5.75 Å². The van der Waals surface area contributed by atoms with Crippen molar-refractivity contribution in [2.45, 2.75) is 32.4 Å². The van der Waals surface area contributed by atoms with Crippen LogP contribution in [-0.2, 0) is 16.6 Å². The summed E-state index contributed by atoms with van der Waals surface area (Å²) in [5.41, 5.74) is 2.61. The molecule has 1 saturated carbocycles. The van der Waals surface area contributed by atoms with Gasteiger partial charge in [-0.25, -0.2) is 21.9 Å². The topological polar surface area (TPSA) is 76.9 Å². The van der Waals surface area contributed by atoms with E-state index in [-0.39, 0.29) is 18.3 Å². The van der Waals surface area contributed by atoms with Gasteiger partial charge in [0, 0.05) is 23.1 Å². The Bertz CT molecular complexity index is 1120. The molecule has 0 bridgehead atoms. The van der Waals surface area contributed by atoms with Gasteiger partial charge in [-0.2, -0.15) is 10.2 Å². The minimum Gasteiger partial charge on any atom is -0.337 e. The Balaban J connectivity index is 1.76. The quantitative estimate of drug-likeness (QED) is 0.699. The van der Waals surface area contributed by atoms with Crippen LogP contribution in [0, 0.1) is 11.6 Å². The molecular weight excluding hydrogens is 374 g/mol. The lowest BCUT2D eigenvalue weighted by molar-refractivity contribution is 0.510. The third kappa shape index (κ3) is 3.57. The predicted molar refractivity (Wildman–Crippen MR) is 97.5 cm³/mol. The van der Waals surface area contributed by atoms with E-state index in [9.17, 15) is 17.2 Å². The van der Waals surface area contributed by atoms with Gasteiger partial charge < -0.3 is 4.57 Å². The second-order valence-corrected chi connectivity index (χ2v) is 8.71. The molecule has 2 aromatic heterocycles. The predicted octanol–water partition coefficient (Wildman–Crippen LogP) is 3.15. The first kappa shape index (κ1) is 18.0. The van der Waals surface area contributed by atoms with E-state index in [4.69, 9.17) is 0 Å². The summed E-state index contributed by atoms with van der Waals surface area (Å²) in [5, 5.41) is 8.55. The Morgan fingerprint density at radius 3 is 2.63 bits per heavy atom. The lowest BCUT2D eigenvalue weighted by Gasteiger charge is -2.10. The number of aromatic nitrogens is 3. The molecule has 1 fully saturated rings. The molecule has 0 aliphatic heterocycles. The van der Waals surface area contributed by atoms with Crippen LogP contribution in [0.3, 0.4) is 0 Å². The van der Waals surface area contributed by atoms with Crippen LogP contribution in [0.4, 0.5) is 8.78 Å². The number of fused-ring (bicyclic) bond motifs is 1. The molecule has 9 heteroatoms. The summed E-state index contributed by atoms with van der Waals surface area (Å²) in [7, 11) is -3.34. The molecule has 0 saturated heterocycles. The SMILES string of the molecule is CCS(=O)(=O)NCc1cc(-c2cc3cc(F)c(F)cc3n2C2CC2)cnn1. The average Bonchev–Trinajstić information content (AvgIpc) is 3.43. The summed E-state index contributed by atoms with van der Waals surface area (Å²) < 4.78 is 55.1. The Labute approximate surface area is 155 Å².